The van der Waals surface area contributed by atoms with Gasteiger partial charge in [0, 0.05) is 44.4 Å². The van der Waals surface area contributed by atoms with Crippen LogP contribution in [0.5, 0.6) is 0 Å². The summed E-state index contributed by atoms with van der Waals surface area (Å²) >= 11 is 0. The van der Waals surface area contributed by atoms with Gasteiger partial charge in [-0.2, -0.15) is 0 Å². The van der Waals surface area contributed by atoms with Crippen molar-refractivity contribution in [2.75, 3.05) is 4.90 Å². The molecule has 9 aromatic rings. The maximum absolute atomic E-state index is 8.94. The second kappa shape index (κ2) is 12.3. The molecule has 2 nitrogen and oxygen atoms in total. The summed E-state index contributed by atoms with van der Waals surface area (Å²) in [5.74, 6) is 0. The van der Waals surface area contributed by atoms with Gasteiger partial charge >= 0.3 is 0 Å². The molecular formula is C51H37NO. The molecule has 1 aromatic heterocycles. The average Bonchev–Trinajstić information content (AvgIpc) is 3.77. The summed E-state index contributed by atoms with van der Waals surface area (Å²) in [6, 6.07) is 51.8. The molecule has 0 atom stereocenters. The minimum atomic E-state index is -0.430. The number of nitrogens with zero attached hydrogens (tertiary/aromatic N) is 1. The Morgan fingerprint density at radius 3 is 1.74 bits per heavy atom. The lowest BCUT2D eigenvalue weighted by atomic mass is 9.81. The van der Waals surface area contributed by atoms with E-state index in [1.807, 2.05) is 84.9 Å². The lowest BCUT2D eigenvalue weighted by Crippen LogP contribution is -2.15. The first-order chi connectivity index (χ1) is 28.1. The van der Waals surface area contributed by atoms with Gasteiger partial charge in [-0.1, -0.05) is 159 Å². The van der Waals surface area contributed by atoms with Gasteiger partial charge in [-0.3, -0.25) is 0 Å². The van der Waals surface area contributed by atoms with Crippen LogP contribution in [0, 0.1) is 0 Å². The summed E-state index contributed by atoms with van der Waals surface area (Å²) in [7, 11) is 0. The van der Waals surface area contributed by atoms with Gasteiger partial charge in [-0.15, -0.1) is 0 Å². The van der Waals surface area contributed by atoms with E-state index in [0.29, 0.717) is 11.4 Å². The van der Waals surface area contributed by atoms with Crippen molar-refractivity contribution in [3.8, 4) is 44.5 Å². The normalized spacial score (nSPS) is 14.2. The summed E-state index contributed by atoms with van der Waals surface area (Å²) in [5.41, 5.74) is 13.9. The van der Waals surface area contributed by atoms with E-state index in [2.05, 4.69) is 86.6 Å². The first-order valence-corrected chi connectivity index (χ1v) is 17.9. The van der Waals surface area contributed by atoms with Gasteiger partial charge in [0.15, 0.2) is 0 Å². The molecular weight excluding hydrogens is 643 g/mol. The molecule has 252 valence electrons. The Kier molecular flexibility index (Phi) is 6.05. The van der Waals surface area contributed by atoms with Crippen LogP contribution in [0.1, 0.15) is 31.8 Å². The monoisotopic (exact) mass is 684 g/mol. The average molecular weight is 685 g/mol. The van der Waals surface area contributed by atoms with Crippen molar-refractivity contribution in [3.63, 3.8) is 0 Å². The summed E-state index contributed by atoms with van der Waals surface area (Å²) in [6.45, 7) is 4.58. The van der Waals surface area contributed by atoms with E-state index in [1.54, 1.807) is 4.90 Å². The summed E-state index contributed by atoms with van der Waals surface area (Å²) in [5, 5.41) is 2.11. The highest BCUT2D eigenvalue weighted by Gasteiger charge is 2.38. The van der Waals surface area contributed by atoms with Gasteiger partial charge in [0.1, 0.15) is 11.2 Å². The second-order valence-corrected chi connectivity index (χ2v) is 14.1. The Morgan fingerprint density at radius 2 is 1.04 bits per heavy atom. The van der Waals surface area contributed by atoms with Crippen LogP contribution in [0.3, 0.4) is 0 Å². The van der Waals surface area contributed by atoms with Crippen LogP contribution in [0.2, 0.25) is 0 Å². The van der Waals surface area contributed by atoms with Crippen molar-refractivity contribution < 1.29 is 11.3 Å². The molecule has 1 heterocycles. The topological polar surface area (TPSA) is 16.4 Å². The van der Waals surface area contributed by atoms with Crippen molar-refractivity contribution in [3.05, 3.63) is 199 Å². The van der Waals surface area contributed by atoms with Crippen molar-refractivity contribution in [2.24, 2.45) is 0 Å². The van der Waals surface area contributed by atoms with E-state index in [9.17, 15) is 0 Å². The molecule has 0 radical (unpaired) electrons. The molecule has 0 fully saturated rings. The predicted octanol–water partition coefficient (Wildman–Crippen LogP) is 14.4. The quantitative estimate of drug-likeness (QED) is 0.173. The molecule has 8 aromatic carbocycles. The minimum Gasteiger partial charge on any atom is -0.455 e. The molecule has 0 aliphatic heterocycles. The molecule has 2 heteroatoms. The molecule has 0 saturated carbocycles. The van der Waals surface area contributed by atoms with Gasteiger partial charge in [-0.25, -0.2) is 0 Å². The maximum atomic E-state index is 8.94. The van der Waals surface area contributed by atoms with Gasteiger partial charge < -0.3 is 9.32 Å². The van der Waals surface area contributed by atoms with Crippen LogP contribution in [-0.2, 0) is 5.41 Å². The number of hydrogen-bond acceptors (Lipinski definition) is 2. The van der Waals surface area contributed by atoms with Crippen LogP contribution >= 0.6 is 0 Å². The molecule has 0 saturated heterocycles. The summed E-state index contributed by atoms with van der Waals surface area (Å²) < 4.78 is 50.3. The first kappa shape index (κ1) is 26.2. The number of hydrogen-bond donors (Lipinski definition) is 0. The summed E-state index contributed by atoms with van der Waals surface area (Å²) in [6.07, 6.45) is 0. The Labute approximate surface area is 317 Å². The fourth-order valence-electron chi connectivity index (χ4n) is 8.18. The SMILES string of the molecule is [2H]c1c([2H])c([2H])c(N(c2ccc(-c3ccccc3)cc2)c2ccc(-c3cccc4c3oc3c5c(cc(-c6ccccc6)c34)C(C)(C)c3ccccc3-5)cc2)c([2H])c1[2H]. The third-order valence-corrected chi connectivity index (χ3v) is 10.8. The predicted molar refractivity (Wildman–Crippen MR) is 222 cm³/mol. The first-order valence-electron chi connectivity index (χ1n) is 20.4. The van der Waals surface area contributed by atoms with E-state index in [4.69, 9.17) is 11.3 Å². The Balaban J connectivity index is 1.15. The zero-order chi connectivity index (χ0) is 39.9. The van der Waals surface area contributed by atoms with Crippen LogP contribution in [0.4, 0.5) is 17.1 Å². The summed E-state index contributed by atoms with van der Waals surface area (Å²) in [4.78, 5) is 1.75. The minimum absolute atomic E-state index is 0.0797. The lowest BCUT2D eigenvalue weighted by Gasteiger charge is -2.26. The molecule has 1 aliphatic carbocycles. The van der Waals surface area contributed by atoms with Crippen LogP contribution in [0.15, 0.2) is 192 Å². The van der Waals surface area contributed by atoms with Gasteiger partial charge in [-0.05, 0) is 86.9 Å². The zero-order valence-corrected chi connectivity index (χ0v) is 29.4. The standard InChI is InChI=1S/C51H37NO/c1-51(2)45-24-13-12-21-42(45)48-46(51)33-44(36-17-8-4-9-18-36)47-43-23-14-22-41(49(43)53-50(47)48)37-27-31-40(32-28-37)52(38-19-10-5-11-20-38)39-29-25-35(26-30-39)34-15-6-3-7-16-34/h3-33H,1-2H3/i5D,10D,11D,19D,20D. The van der Waals surface area contributed by atoms with Gasteiger partial charge in [0.25, 0.3) is 0 Å². The van der Waals surface area contributed by atoms with Crippen LogP contribution < -0.4 is 4.90 Å². The molecule has 0 N–H and O–H groups in total. The molecule has 0 amide bonds. The maximum Gasteiger partial charge on any atom is 0.144 e. The molecule has 10 rings (SSSR count). The number of rotatable bonds is 6. The van der Waals surface area contributed by atoms with E-state index in [-0.39, 0.29) is 35.3 Å². The largest absolute Gasteiger partial charge is 0.455 e. The Morgan fingerprint density at radius 1 is 0.472 bits per heavy atom. The zero-order valence-electron chi connectivity index (χ0n) is 34.4. The van der Waals surface area contributed by atoms with Gasteiger partial charge in [0.2, 0.25) is 0 Å². The Bertz CT molecular complexity index is 3030. The number of furan rings is 1. The lowest BCUT2D eigenvalue weighted by molar-refractivity contribution is 0.654. The third kappa shape index (κ3) is 5.02. The van der Waals surface area contributed by atoms with E-state index < -0.39 is 6.04 Å². The fourth-order valence-corrected chi connectivity index (χ4v) is 8.18. The van der Waals surface area contributed by atoms with Crippen molar-refractivity contribution in [1.29, 1.82) is 0 Å². The number of benzene rings is 8. The third-order valence-electron chi connectivity index (χ3n) is 10.8. The van der Waals surface area contributed by atoms with Crippen molar-refractivity contribution >= 4 is 39.0 Å². The van der Waals surface area contributed by atoms with E-state index >= 15 is 0 Å². The number of fused-ring (bicyclic) bond motifs is 7. The Hall–Kier alpha value is -6.64. The highest BCUT2D eigenvalue weighted by atomic mass is 16.3. The fraction of sp³-hybridized carbons (Fsp3) is 0.0588. The second-order valence-electron chi connectivity index (χ2n) is 14.1. The van der Waals surface area contributed by atoms with Gasteiger partial charge in [0.05, 0.1) is 6.85 Å². The van der Waals surface area contributed by atoms with E-state index in [0.717, 1.165) is 60.9 Å². The molecule has 0 unspecified atom stereocenters. The number of anilines is 3. The van der Waals surface area contributed by atoms with Crippen molar-refractivity contribution in [1.82, 2.24) is 0 Å². The molecule has 1 aliphatic rings. The highest BCUT2D eigenvalue weighted by molar-refractivity contribution is 6.20. The molecule has 0 spiro atoms. The molecule has 0 bridgehead atoms. The number of para-hydroxylation sites is 2. The highest BCUT2D eigenvalue weighted by Crippen LogP contribution is 2.55. The smallest absolute Gasteiger partial charge is 0.144 e. The van der Waals surface area contributed by atoms with Crippen molar-refractivity contribution in [2.45, 2.75) is 19.3 Å². The molecule has 53 heavy (non-hydrogen) atoms. The van der Waals surface area contributed by atoms with Crippen LogP contribution in [0.25, 0.3) is 66.4 Å². The van der Waals surface area contributed by atoms with Crippen LogP contribution in [-0.4, -0.2) is 0 Å². The van der Waals surface area contributed by atoms with E-state index in [1.165, 1.54) is 16.7 Å².